The number of rotatable bonds is 4. The summed E-state index contributed by atoms with van der Waals surface area (Å²) in [5.41, 5.74) is 6.85. The highest BCUT2D eigenvalue weighted by molar-refractivity contribution is 9.10. The molecule has 0 bridgehead atoms. The fraction of sp³-hybridized carbons (Fsp3) is 0.125. The number of halogens is 1. The van der Waals surface area contributed by atoms with Gasteiger partial charge in [-0.05, 0) is 42.8 Å². The summed E-state index contributed by atoms with van der Waals surface area (Å²) in [6.45, 7) is 0. The van der Waals surface area contributed by atoms with Crippen LogP contribution < -0.4 is 10.7 Å². The molecule has 0 radical (unpaired) electrons. The largest absolute Gasteiger partial charge is 0.295 e. The van der Waals surface area contributed by atoms with Crippen molar-refractivity contribution in [3.63, 3.8) is 0 Å². The maximum atomic E-state index is 13.0. The van der Waals surface area contributed by atoms with Crippen molar-refractivity contribution in [2.45, 2.75) is 18.9 Å². The Morgan fingerprint density at radius 3 is 2.64 bits per heavy atom. The summed E-state index contributed by atoms with van der Waals surface area (Å²) in [6, 6.07) is 9.36. The monoisotopic (exact) mass is 545 g/mol. The van der Waals surface area contributed by atoms with Gasteiger partial charge in [0.1, 0.15) is 6.04 Å². The maximum absolute atomic E-state index is 13.0. The molecule has 2 aliphatic heterocycles. The SMILES string of the molecule is O=C1CCC(N2C(=O)c3ccc(Nn4cc(-c5cnc6cc(Br)ccc6n5)cn4)cc3C2=O)C(=O)N1. The van der Waals surface area contributed by atoms with E-state index < -0.39 is 29.7 Å². The molecule has 2 N–H and O–H groups in total. The summed E-state index contributed by atoms with van der Waals surface area (Å²) < 4.78 is 0.920. The highest BCUT2D eigenvalue weighted by Gasteiger charge is 2.44. The second kappa shape index (κ2) is 8.34. The number of imide groups is 2. The highest BCUT2D eigenvalue weighted by atomic mass is 79.9. The Balaban J connectivity index is 1.23. The molecular formula is C24H16BrN7O4. The number of nitrogens with zero attached hydrogens (tertiary/aromatic N) is 5. The predicted octanol–water partition coefficient (Wildman–Crippen LogP) is 2.53. The van der Waals surface area contributed by atoms with Gasteiger partial charge in [0.25, 0.3) is 11.8 Å². The average molecular weight is 546 g/mol. The van der Waals surface area contributed by atoms with Crippen LogP contribution in [0.1, 0.15) is 33.6 Å². The fourth-order valence-electron chi connectivity index (χ4n) is 4.31. The van der Waals surface area contributed by atoms with Crippen molar-refractivity contribution in [1.29, 1.82) is 0 Å². The molecule has 11 nitrogen and oxygen atoms in total. The molecule has 1 fully saturated rings. The first-order valence-corrected chi connectivity index (χ1v) is 11.8. The predicted molar refractivity (Wildman–Crippen MR) is 131 cm³/mol. The smallest absolute Gasteiger partial charge is 0.262 e. The van der Waals surface area contributed by atoms with Gasteiger partial charge >= 0.3 is 0 Å². The number of amides is 4. The maximum Gasteiger partial charge on any atom is 0.262 e. The minimum Gasteiger partial charge on any atom is -0.295 e. The standard InChI is InChI=1S/C24H16BrN7O4/c25-13-1-4-17-18(7-13)26-10-19(28-17)12-9-27-31(11-12)30-14-2-3-15-16(8-14)24(36)32(23(15)35)20-5-6-21(33)29-22(20)34/h1-4,7-11,20,30H,5-6H2,(H,29,33,34). The van der Waals surface area contributed by atoms with E-state index in [0.717, 1.165) is 26.0 Å². The second-order valence-electron chi connectivity index (χ2n) is 8.38. The first kappa shape index (κ1) is 22.0. The number of aromatic nitrogens is 4. The van der Waals surface area contributed by atoms with Crippen molar-refractivity contribution in [3.8, 4) is 11.3 Å². The van der Waals surface area contributed by atoms with Gasteiger partial charge in [-0.15, -0.1) is 0 Å². The van der Waals surface area contributed by atoms with Crippen LogP contribution in [0.15, 0.2) is 59.5 Å². The lowest BCUT2D eigenvalue weighted by Crippen LogP contribution is -2.54. The van der Waals surface area contributed by atoms with E-state index in [1.165, 1.54) is 16.9 Å². The zero-order chi connectivity index (χ0) is 25.0. The van der Waals surface area contributed by atoms with Gasteiger partial charge in [0.2, 0.25) is 11.8 Å². The highest BCUT2D eigenvalue weighted by Crippen LogP contribution is 2.30. The molecule has 1 saturated heterocycles. The summed E-state index contributed by atoms with van der Waals surface area (Å²) >= 11 is 3.42. The number of hydrogen-bond acceptors (Lipinski definition) is 8. The lowest BCUT2D eigenvalue weighted by molar-refractivity contribution is -0.136. The molecule has 4 heterocycles. The van der Waals surface area contributed by atoms with Crippen molar-refractivity contribution >= 4 is 56.3 Å². The summed E-state index contributed by atoms with van der Waals surface area (Å²) in [5.74, 6) is -2.19. The van der Waals surface area contributed by atoms with Crippen LogP contribution in [0.25, 0.3) is 22.3 Å². The third-order valence-corrected chi connectivity index (χ3v) is 6.56. The van der Waals surface area contributed by atoms with Crippen LogP contribution in [0.2, 0.25) is 0 Å². The van der Waals surface area contributed by atoms with Crippen LogP contribution in [0.5, 0.6) is 0 Å². The van der Waals surface area contributed by atoms with E-state index in [4.69, 9.17) is 0 Å². The summed E-state index contributed by atoms with van der Waals surface area (Å²) in [6.07, 6.45) is 5.20. The molecule has 2 aromatic heterocycles. The topological polar surface area (TPSA) is 139 Å². The number of anilines is 1. The molecular weight excluding hydrogens is 530 g/mol. The van der Waals surface area contributed by atoms with Gasteiger partial charge in [-0.25, -0.2) is 4.98 Å². The molecule has 0 aliphatic carbocycles. The molecule has 1 atom stereocenters. The molecule has 12 heteroatoms. The second-order valence-corrected chi connectivity index (χ2v) is 9.30. The zero-order valence-corrected chi connectivity index (χ0v) is 20.0. The van der Waals surface area contributed by atoms with Gasteiger partial charge in [-0.2, -0.15) is 9.89 Å². The van der Waals surface area contributed by atoms with E-state index in [2.05, 4.69) is 41.7 Å². The molecule has 2 aromatic carbocycles. The number of carbonyl (C=O) groups is 4. The number of fused-ring (bicyclic) bond motifs is 2. The fourth-order valence-corrected chi connectivity index (χ4v) is 4.66. The molecule has 0 saturated carbocycles. The molecule has 36 heavy (non-hydrogen) atoms. The lowest BCUT2D eigenvalue weighted by atomic mass is 10.0. The summed E-state index contributed by atoms with van der Waals surface area (Å²) in [7, 11) is 0. The Kier molecular flexibility index (Phi) is 5.11. The van der Waals surface area contributed by atoms with Crippen LogP contribution in [0, 0.1) is 0 Å². The van der Waals surface area contributed by atoms with Gasteiger partial charge < -0.3 is 0 Å². The molecule has 178 valence electrons. The Hall–Kier alpha value is -4.45. The summed E-state index contributed by atoms with van der Waals surface area (Å²) in [4.78, 5) is 61.0. The van der Waals surface area contributed by atoms with Crippen molar-refractivity contribution in [2.24, 2.45) is 0 Å². The van der Waals surface area contributed by atoms with Gasteiger partial charge in [0.15, 0.2) is 0 Å². The van der Waals surface area contributed by atoms with Gasteiger partial charge in [-0.3, -0.25) is 39.8 Å². The number of hydrogen-bond donors (Lipinski definition) is 2. The van der Waals surface area contributed by atoms with E-state index in [0.29, 0.717) is 11.4 Å². The number of piperidine rings is 1. The molecule has 1 unspecified atom stereocenters. The third kappa shape index (κ3) is 3.71. The van der Waals surface area contributed by atoms with E-state index >= 15 is 0 Å². The first-order valence-electron chi connectivity index (χ1n) is 11.0. The third-order valence-electron chi connectivity index (χ3n) is 6.07. The van der Waals surface area contributed by atoms with Crippen molar-refractivity contribution in [2.75, 3.05) is 5.43 Å². The van der Waals surface area contributed by atoms with Crippen LogP contribution in [0.4, 0.5) is 5.69 Å². The average Bonchev–Trinajstić information content (AvgIpc) is 3.42. The Morgan fingerprint density at radius 1 is 0.972 bits per heavy atom. The Labute approximate surface area is 211 Å². The van der Waals surface area contributed by atoms with E-state index in [1.54, 1.807) is 24.7 Å². The number of carbonyl (C=O) groups excluding carboxylic acids is 4. The number of benzene rings is 2. The zero-order valence-electron chi connectivity index (χ0n) is 18.4. The molecule has 4 aromatic rings. The van der Waals surface area contributed by atoms with E-state index in [1.807, 2.05) is 18.2 Å². The van der Waals surface area contributed by atoms with Crippen LogP contribution in [-0.2, 0) is 9.59 Å². The van der Waals surface area contributed by atoms with E-state index in [9.17, 15) is 19.2 Å². The van der Waals surface area contributed by atoms with Crippen molar-refractivity contribution in [3.05, 3.63) is 70.6 Å². The van der Waals surface area contributed by atoms with Crippen LogP contribution >= 0.6 is 15.9 Å². The van der Waals surface area contributed by atoms with Crippen molar-refractivity contribution < 1.29 is 19.2 Å². The van der Waals surface area contributed by atoms with Crippen LogP contribution in [-0.4, -0.2) is 54.4 Å². The molecule has 2 aliphatic rings. The first-order chi connectivity index (χ1) is 17.4. The minimum absolute atomic E-state index is 0.0668. The van der Waals surface area contributed by atoms with E-state index in [-0.39, 0.29) is 24.0 Å². The molecule has 4 amide bonds. The normalized spacial score (nSPS) is 17.5. The molecule has 6 rings (SSSR count). The van der Waals surface area contributed by atoms with Crippen molar-refractivity contribution in [1.82, 2.24) is 30.1 Å². The molecule has 0 spiro atoms. The van der Waals surface area contributed by atoms with Gasteiger partial charge in [0.05, 0.1) is 52.1 Å². The lowest BCUT2D eigenvalue weighted by Gasteiger charge is -2.27. The van der Waals surface area contributed by atoms with Crippen LogP contribution in [0.3, 0.4) is 0 Å². The summed E-state index contributed by atoms with van der Waals surface area (Å²) in [5, 5.41) is 6.48. The Morgan fingerprint density at radius 2 is 1.81 bits per heavy atom. The van der Waals surface area contributed by atoms with Gasteiger partial charge in [-0.1, -0.05) is 15.9 Å². The number of nitrogens with one attached hydrogen (secondary N) is 2. The van der Waals surface area contributed by atoms with Gasteiger partial charge in [0, 0.05) is 16.5 Å². The quantitative estimate of drug-likeness (QED) is 0.373. The Bertz CT molecular complexity index is 1620. The minimum atomic E-state index is -1.01.